The van der Waals surface area contributed by atoms with Crippen LogP contribution in [0.2, 0.25) is 0 Å². The summed E-state index contributed by atoms with van der Waals surface area (Å²) in [6.07, 6.45) is 3.33. The molecule has 24 heavy (non-hydrogen) atoms. The lowest BCUT2D eigenvalue weighted by molar-refractivity contribution is 0.0677. The summed E-state index contributed by atoms with van der Waals surface area (Å²) in [7, 11) is -3.11. The number of fused-ring (bicyclic) bond motifs is 1. The molecule has 1 aliphatic heterocycles. The minimum atomic E-state index is -3.11. The molecule has 1 atom stereocenters. The van der Waals surface area contributed by atoms with Crippen LogP contribution < -0.4 is 5.43 Å². The molecule has 6 nitrogen and oxygen atoms in total. The smallest absolute Gasteiger partial charge is 0.259 e. The van der Waals surface area contributed by atoms with E-state index in [-0.39, 0.29) is 46.9 Å². The van der Waals surface area contributed by atoms with Crippen LogP contribution in [0.3, 0.4) is 0 Å². The van der Waals surface area contributed by atoms with Crippen LogP contribution >= 0.6 is 0 Å². The van der Waals surface area contributed by atoms with Crippen molar-refractivity contribution in [2.75, 3.05) is 18.1 Å². The summed E-state index contributed by atoms with van der Waals surface area (Å²) in [5, 5.41) is 0.468. The molecule has 126 valence electrons. The summed E-state index contributed by atoms with van der Waals surface area (Å²) >= 11 is 0. The van der Waals surface area contributed by atoms with Gasteiger partial charge >= 0.3 is 0 Å². The highest BCUT2D eigenvalue weighted by atomic mass is 32.2. The van der Waals surface area contributed by atoms with Crippen LogP contribution in [-0.2, 0) is 9.84 Å². The number of carbonyl (C=O) groups excluding carboxylic acids is 1. The molecule has 1 unspecified atom stereocenters. The second-order valence-electron chi connectivity index (χ2n) is 6.59. The van der Waals surface area contributed by atoms with Gasteiger partial charge in [0.15, 0.2) is 9.84 Å². The highest BCUT2D eigenvalue weighted by Crippen LogP contribution is 2.37. The van der Waals surface area contributed by atoms with Crippen molar-refractivity contribution in [2.24, 2.45) is 5.92 Å². The maximum atomic E-state index is 12.9. The highest BCUT2D eigenvalue weighted by Gasteiger charge is 2.43. The first-order chi connectivity index (χ1) is 11.5. The number of carbonyl (C=O) groups is 1. The van der Waals surface area contributed by atoms with Gasteiger partial charge in [0.1, 0.15) is 5.56 Å². The first kappa shape index (κ1) is 15.4. The van der Waals surface area contributed by atoms with Crippen LogP contribution in [0.4, 0.5) is 0 Å². The van der Waals surface area contributed by atoms with Gasteiger partial charge in [-0.3, -0.25) is 9.59 Å². The minimum Gasteiger partial charge on any atom is -0.360 e. The molecule has 1 saturated heterocycles. The molecule has 1 aliphatic carbocycles. The maximum Gasteiger partial charge on any atom is 0.259 e. The predicted molar refractivity (Wildman–Crippen MR) is 90.8 cm³/mol. The number of hydrogen-bond acceptors (Lipinski definition) is 4. The largest absolute Gasteiger partial charge is 0.360 e. The number of amides is 1. The number of hydrogen-bond donors (Lipinski definition) is 1. The minimum absolute atomic E-state index is 0.00882. The van der Waals surface area contributed by atoms with E-state index in [0.717, 1.165) is 12.8 Å². The van der Waals surface area contributed by atoms with Gasteiger partial charge in [-0.2, -0.15) is 0 Å². The van der Waals surface area contributed by atoms with E-state index in [1.165, 1.54) is 6.20 Å². The van der Waals surface area contributed by atoms with Gasteiger partial charge in [0.05, 0.1) is 11.5 Å². The molecule has 1 aromatic carbocycles. The van der Waals surface area contributed by atoms with Gasteiger partial charge in [-0.15, -0.1) is 0 Å². The van der Waals surface area contributed by atoms with E-state index in [4.69, 9.17) is 0 Å². The number of para-hydroxylation sites is 1. The number of H-pyrrole nitrogens is 1. The van der Waals surface area contributed by atoms with Crippen LogP contribution in [0.25, 0.3) is 10.9 Å². The average molecular weight is 346 g/mol. The monoisotopic (exact) mass is 346 g/mol. The van der Waals surface area contributed by atoms with Crippen molar-refractivity contribution < 1.29 is 13.2 Å². The summed E-state index contributed by atoms with van der Waals surface area (Å²) < 4.78 is 23.9. The third-order valence-electron chi connectivity index (χ3n) is 4.91. The van der Waals surface area contributed by atoms with Gasteiger partial charge in [0, 0.05) is 29.7 Å². The number of benzene rings is 1. The molecule has 2 aliphatic rings. The quantitative estimate of drug-likeness (QED) is 0.884. The zero-order chi connectivity index (χ0) is 16.9. The zero-order valence-electron chi connectivity index (χ0n) is 13.1. The Morgan fingerprint density at radius 3 is 2.71 bits per heavy atom. The van der Waals surface area contributed by atoms with Crippen molar-refractivity contribution in [3.8, 4) is 0 Å². The van der Waals surface area contributed by atoms with E-state index in [1.807, 2.05) is 6.07 Å². The van der Waals surface area contributed by atoms with E-state index in [2.05, 4.69) is 4.98 Å². The van der Waals surface area contributed by atoms with E-state index in [0.29, 0.717) is 10.9 Å². The van der Waals surface area contributed by atoms with E-state index in [1.54, 1.807) is 23.1 Å². The fourth-order valence-electron chi connectivity index (χ4n) is 3.44. The molecule has 7 heteroatoms. The number of nitrogens with zero attached hydrogens (tertiary/aromatic N) is 1. The molecule has 1 N–H and O–H groups in total. The van der Waals surface area contributed by atoms with E-state index < -0.39 is 9.84 Å². The summed E-state index contributed by atoms with van der Waals surface area (Å²) in [5.41, 5.74) is 0.454. The van der Waals surface area contributed by atoms with Gasteiger partial charge in [-0.25, -0.2) is 8.42 Å². The van der Waals surface area contributed by atoms with Crippen LogP contribution in [0.5, 0.6) is 0 Å². The third-order valence-corrected chi connectivity index (χ3v) is 6.57. The Kier molecular flexibility index (Phi) is 3.49. The molecule has 1 amide bonds. The molecular formula is C17H18N2O4S. The molecule has 4 rings (SSSR count). The van der Waals surface area contributed by atoms with Gasteiger partial charge in [0.2, 0.25) is 5.43 Å². The lowest BCUT2D eigenvalue weighted by atomic mass is 10.1. The second kappa shape index (κ2) is 5.44. The zero-order valence-corrected chi connectivity index (χ0v) is 13.9. The van der Waals surface area contributed by atoms with Gasteiger partial charge in [0.25, 0.3) is 5.91 Å². The first-order valence-electron chi connectivity index (χ1n) is 8.08. The van der Waals surface area contributed by atoms with Crippen molar-refractivity contribution in [3.63, 3.8) is 0 Å². The number of aromatic nitrogens is 1. The van der Waals surface area contributed by atoms with Crippen molar-refractivity contribution in [1.82, 2.24) is 9.88 Å². The highest BCUT2D eigenvalue weighted by molar-refractivity contribution is 7.91. The Hall–Kier alpha value is -2.15. The first-order valence-corrected chi connectivity index (χ1v) is 9.90. The van der Waals surface area contributed by atoms with Gasteiger partial charge in [-0.1, -0.05) is 12.1 Å². The fraction of sp³-hybridized carbons (Fsp3) is 0.412. The number of nitrogens with one attached hydrogen (secondary N) is 1. The standard InChI is InChI=1S/C17H18N2O4S/c20-16-12-3-1-2-4-14(12)18-9-13(16)17(21)19-7-8-24(22,23)10-15(19)11-5-6-11/h1-4,9,11,15H,5-8,10H2,(H,18,20). The Balaban J connectivity index is 1.73. The normalized spacial score (nSPS) is 23.3. The molecule has 0 radical (unpaired) electrons. The maximum absolute atomic E-state index is 12.9. The number of pyridine rings is 1. The molecule has 0 bridgehead atoms. The van der Waals surface area contributed by atoms with Crippen LogP contribution in [0.1, 0.15) is 23.2 Å². The van der Waals surface area contributed by atoms with Crippen molar-refractivity contribution >= 4 is 26.6 Å². The fourth-order valence-corrected chi connectivity index (χ4v) is 5.06. The molecule has 2 heterocycles. The molecule has 0 spiro atoms. The van der Waals surface area contributed by atoms with Crippen molar-refractivity contribution in [1.29, 1.82) is 0 Å². The van der Waals surface area contributed by atoms with Crippen LogP contribution in [-0.4, -0.2) is 48.3 Å². The molecule has 1 saturated carbocycles. The van der Waals surface area contributed by atoms with Crippen LogP contribution in [0, 0.1) is 5.92 Å². The number of rotatable bonds is 2. The average Bonchev–Trinajstić information content (AvgIpc) is 3.39. The molecular weight excluding hydrogens is 328 g/mol. The van der Waals surface area contributed by atoms with Crippen LogP contribution in [0.15, 0.2) is 35.3 Å². The summed E-state index contributed by atoms with van der Waals surface area (Å²) in [5.74, 6) is -0.153. The summed E-state index contributed by atoms with van der Waals surface area (Å²) in [6.45, 7) is 0.161. The van der Waals surface area contributed by atoms with Gasteiger partial charge in [-0.05, 0) is 30.9 Å². The lowest BCUT2D eigenvalue weighted by Gasteiger charge is -2.35. The number of sulfone groups is 1. The molecule has 1 aromatic heterocycles. The Bertz CT molecular complexity index is 975. The van der Waals surface area contributed by atoms with Crippen molar-refractivity contribution in [2.45, 2.75) is 18.9 Å². The second-order valence-corrected chi connectivity index (χ2v) is 8.82. The Morgan fingerprint density at radius 2 is 1.96 bits per heavy atom. The predicted octanol–water partition coefficient (Wildman–Crippen LogP) is 1.18. The van der Waals surface area contributed by atoms with E-state index in [9.17, 15) is 18.0 Å². The van der Waals surface area contributed by atoms with E-state index >= 15 is 0 Å². The third kappa shape index (κ3) is 2.62. The SMILES string of the molecule is O=C(c1c[nH]c2ccccc2c1=O)N1CCS(=O)(=O)CC1C1CC1. The van der Waals surface area contributed by atoms with Crippen molar-refractivity contribution in [3.05, 3.63) is 46.2 Å². The Morgan fingerprint density at radius 1 is 1.21 bits per heavy atom. The number of aromatic amines is 1. The summed E-state index contributed by atoms with van der Waals surface area (Å²) in [4.78, 5) is 30.2. The summed E-state index contributed by atoms with van der Waals surface area (Å²) in [6, 6.07) is 6.74. The molecule has 2 fully saturated rings. The van der Waals surface area contributed by atoms with Gasteiger partial charge < -0.3 is 9.88 Å². The topological polar surface area (TPSA) is 87.3 Å². The Labute approximate surface area is 139 Å². The lowest BCUT2D eigenvalue weighted by Crippen LogP contribution is -2.53. The molecule has 2 aromatic rings.